The third kappa shape index (κ3) is 2.69. The van der Waals surface area contributed by atoms with Crippen LogP contribution in [-0.2, 0) is 6.61 Å². The van der Waals surface area contributed by atoms with E-state index in [-0.39, 0.29) is 5.91 Å². The largest absolute Gasteiger partial charge is 0.485 e. The van der Waals surface area contributed by atoms with Gasteiger partial charge < -0.3 is 14.5 Å². The number of benzene rings is 1. The van der Waals surface area contributed by atoms with Crippen molar-refractivity contribution >= 4 is 11.9 Å². The zero-order valence-electron chi connectivity index (χ0n) is 14.7. The van der Waals surface area contributed by atoms with Gasteiger partial charge in [0.05, 0.1) is 11.4 Å². The summed E-state index contributed by atoms with van der Waals surface area (Å²) in [4.78, 5) is 29.9. The fourth-order valence-electron chi connectivity index (χ4n) is 3.54. The average Bonchev–Trinajstić information content (AvgIpc) is 3.19. The summed E-state index contributed by atoms with van der Waals surface area (Å²) < 4.78 is 7.75. The molecule has 136 valence electrons. The number of imidazole rings is 1. The van der Waals surface area contributed by atoms with Crippen LogP contribution in [0.5, 0.6) is 5.75 Å². The van der Waals surface area contributed by atoms with Crippen LogP contribution in [0.25, 0.3) is 5.69 Å². The van der Waals surface area contributed by atoms with E-state index in [1.807, 2.05) is 33.7 Å². The lowest BCUT2D eigenvalue weighted by Gasteiger charge is -2.34. The predicted molar refractivity (Wildman–Crippen MR) is 98.0 cm³/mol. The van der Waals surface area contributed by atoms with Crippen molar-refractivity contribution in [3.63, 3.8) is 0 Å². The Morgan fingerprint density at radius 3 is 2.56 bits per heavy atom. The zero-order chi connectivity index (χ0) is 18.2. The highest BCUT2D eigenvalue weighted by Gasteiger charge is 2.29. The van der Waals surface area contributed by atoms with Crippen molar-refractivity contribution in [1.82, 2.24) is 24.4 Å². The molecule has 0 radical (unpaired) electrons. The van der Waals surface area contributed by atoms with E-state index in [4.69, 9.17) is 4.74 Å². The van der Waals surface area contributed by atoms with Gasteiger partial charge in [0.2, 0.25) is 5.95 Å². The van der Waals surface area contributed by atoms with Crippen molar-refractivity contribution in [3.05, 3.63) is 60.4 Å². The van der Waals surface area contributed by atoms with Crippen molar-refractivity contribution in [2.24, 2.45) is 0 Å². The van der Waals surface area contributed by atoms with Crippen molar-refractivity contribution in [2.75, 3.05) is 31.1 Å². The van der Waals surface area contributed by atoms with Gasteiger partial charge >= 0.3 is 0 Å². The highest BCUT2D eigenvalue weighted by molar-refractivity contribution is 5.94. The van der Waals surface area contributed by atoms with E-state index in [9.17, 15) is 4.79 Å². The van der Waals surface area contributed by atoms with Crippen LogP contribution in [0.3, 0.4) is 0 Å². The molecule has 0 atom stereocenters. The van der Waals surface area contributed by atoms with E-state index in [2.05, 4.69) is 19.9 Å². The molecule has 27 heavy (non-hydrogen) atoms. The standard InChI is InChI=1S/C19H18N6O2/c26-18(23-8-10-24(11-9-23)19-20-6-3-7-21-19)17-15-12-27-16-5-2-1-4-14(16)25(15)13-22-17/h1-7,13H,8-12H2. The van der Waals surface area contributed by atoms with Gasteiger partial charge in [0, 0.05) is 38.6 Å². The summed E-state index contributed by atoms with van der Waals surface area (Å²) >= 11 is 0. The number of ether oxygens (including phenoxy) is 1. The van der Waals surface area contributed by atoms with Gasteiger partial charge in [0.15, 0.2) is 5.69 Å². The number of carbonyl (C=O) groups is 1. The number of anilines is 1. The molecule has 2 aliphatic heterocycles. The number of aromatic nitrogens is 4. The molecular formula is C19H18N6O2. The van der Waals surface area contributed by atoms with Crippen LogP contribution in [0.1, 0.15) is 16.2 Å². The summed E-state index contributed by atoms with van der Waals surface area (Å²) in [5.41, 5.74) is 2.18. The first kappa shape index (κ1) is 15.8. The molecule has 0 spiro atoms. The van der Waals surface area contributed by atoms with Crippen molar-refractivity contribution < 1.29 is 9.53 Å². The Kier molecular flexibility index (Phi) is 3.74. The van der Waals surface area contributed by atoms with Crippen molar-refractivity contribution in [1.29, 1.82) is 0 Å². The molecule has 1 saturated heterocycles. The highest BCUT2D eigenvalue weighted by atomic mass is 16.5. The molecule has 0 saturated carbocycles. The van der Waals surface area contributed by atoms with Crippen LogP contribution >= 0.6 is 0 Å². The van der Waals surface area contributed by atoms with Gasteiger partial charge in [0.1, 0.15) is 18.7 Å². The lowest BCUT2D eigenvalue weighted by Crippen LogP contribution is -2.49. The van der Waals surface area contributed by atoms with E-state index in [1.165, 1.54) is 0 Å². The summed E-state index contributed by atoms with van der Waals surface area (Å²) in [6.45, 7) is 2.97. The van der Waals surface area contributed by atoms with Gasteiger partial charge in [-0.25, -0.2) is 15.0 Å². The van der Waals surface area contributed by atoms with Gasteiger partial charge in [-0.2, -0.15) is 0 Å². The number of hydrogen-bond donors (Lipinski definition) is 0. The molecule has 0 aliphatic carbocycles. The minimum Gasteiger partial charge on any atom is -0.485 e. The molecule has 4 heterocycles. The molecule has 0 bridgehead atoms. The van der Waals surface area contributed by atoms with Gasteiger partial charge in [0.25, 0.3) is 5.91 Å². The average molecular weight is 362 g/mol. The van der Waals surface area contributed by atoms with Crippen molar-refractivity contribution in [3.8, 4) is 11.4 Å². The minimum absolute atomic E-state index is 0.0552. The third-order valence-electron chi connectivity index (χ3n) is 4.96. The van der Waals surface area contributed by atoms with Gasteiger partial charge in [-0.05, 0) is 18.2 Å². The summed E-state index contributed by atoms with van der Waals surface area (Å²) in [7, 11) is 0. The second kappa shape index (κ2) is 6.39. The number of para-hydroxylation sites is 2. The summed E-state index contributed by atoms with van der Waals surface area (Å²) in [6.07, 6.45) is 5.17. The molecule has 8 heteroatoms. The van der Waals surface area contributed by atoms with E-state index >= 15 is 0 Å². The lowest BCUT2D eigenvalue weighted by atomic mass is 10.2. The van der Waals surface area contributed by atoms with E-state index in [1.54, 1.807) is 24.8 Å². The number of nitrogens with zero attached hydrogens (tertiary/aromatic N) is 6. The number of amides is 1. The number of fused-ring (bicyclic) bond motifs is 3. The minimum atomic E-state index is -0.0552. The molecule has 2 aliphatic rings. The van der Waals surface area contributed by atoms with Gasteiger partial charge in [-0.1, -0.05) is 12.1 Å². The van der Waals surface area contributed by atoms with Crippen LogP contribution in [0.4, 0.5) is 5.95 Å². The SMILES string of the molecule is O=C(c1ncn2c1COc1ccccc1-2)N1CCN(c2ncccn2)CC1. The summed E-state index contributed by atoms with van der Waals surface area (Å²) in [5.74, 6) is 1.45. The fourth-order valence-corrected chi connectivity index (χ4v) is 3.54. The Morgan fingerprint density at radius 1 is 0.963 bits per heavy atom. The first-order valence-corrected chi connectivity index (χ1v) is 8.91. The van der Waals surface area contributed by atoms with Crippen LogP contribution in [0.15, 0.2) is 49.1 Å². The molecular weight excluding hydrogens is 344 g/mol. The maximum atomic E-state index is 13.0. The molecule has 0 unspecified atom stereocenters. The van der Waals surface area contributed by atoms with E-state index in [0.717, 1.165) is 17.1 Å². The lowest BCUT2D eigenvalue weighted by molar-refractivity contribution is 0.0737. The molecule has 1 amide bonds. The topological polar surface area (TPSA) is 76.4 Å². The summed E-state index contributed by atoms with van der Waals surface area (Å²) in [5, 5.41) is 0. The third-order valence-corrected chi connectivity index (χ3v) is 4.96. The Morgan fingerprint density at radius 2 is 1.74 bits per heavy atom. The molecule has 0 N–H and O–H groups in total. The first-order chi connectivity index (χ1) is 13.3. The quantitative estimate of drug-likeness (QED) is 0.688. The van der Waals surface area contributed by atoms with Crippen LogP contribution in [-0.4, -0.2) is 56.5 Å². The zero-order valence-corrected chi connectivity index (χ0v) is 14.7. The molecule has 5 rings (SSSR count). The number of piperazine rings is 1. The van der Waals surface area contributed by atoms with Crippen LogP contribution in [0, 0.1) is 0 Å². The Labute approximate surface area is 156 Å². The molecule has 1 fully saturated rings. The van der Waals surface area contributed by atoms with Gasteiger partial charge in [-0.3, -0.25) is 9.36 Å². The highest BCUT2D eigenvalue weighted by Crippen LogP contribution is 2.30. The molecule has 3 aromatic rings. The molecule has 8 nitrogen and oxygen atoms in total. The fraction of sp³-hybridized carbons (Fsp3) is 0.263. The smallest absolute Gasteiger partial charge is 0.274 e. The molecule has 2 aromatic heterocycles. The van der Waals surface area contributed by atoms with E-state index < -0.39 is 0 Å². The summed E-state index contributed by atoms with van der Waals surface area (Å²) in [6, 6.07) is 9.56. The van der Waals surface area contributed by atoms with Crippen LogP contribution < -0.4 is 9.64 Å². The monoisotopic (exact) mass is 362 g/mol. The second-order valence-corrected chi connectivity index (χ2v) is 6.49. The van der Waals surface area contributed by atoms with Gasteiger partial charge in [-0.15, -0.1) is 0 Å². The Bertz CT molecular complexity index is 979. The van der Waals surface area contributed by atoms with E-state index in [0.29, 0.717) is 44.4 Å². The Hall–Kier alpha value is -3.42. The van der Waals surface area contributed by atoms with Crippen molar-refractivity contribution in [2.45, 2.75) is 6.61 Å². The Balaban J connectivity index is 1.34. The second-order valence-electron chi connectivity index (χ2n) is 6.49. The maximum Gasteiger partial charge on any atom is 0.274 e. The molecule has 1 aromatic carbocycles. The predicted octanol–water partition coefficient (Wildman–Crippen LogP) is 1.52. The first-order valence-electron chi connectivity index (χ1n) is 8.91. The van der Waals surface area contributed by atoms with Crippen LogP contribution in [0.2, 0.25) is 0 Å². The maximum absolute atomic E-state index is 13.0. The number of hydrogen-bond acceptors (Lipinski definition) is 6. The number of carbonyl (C=O) groups excluding carboxylic acids is 1. The number of rotatable bonds is 2. The normalized spacial score (nSPS) is 15.7.